The van der Waals surface area contributed by atoms with Crippen LogP contribution >= 0.6 is 0 Å². The lowest BCUT2D eigenvalue weighted by atomic mass is 10.4. The molecule has 0 fully saturated rings. The zero-order valence-electron chi connectivity index (χ0n) is 7.63. The topological polar surface area (TPSA) is 46.5 Å². The summed E-state index contributed by atoms with van der Waals surface area (Å²) >= 11 is -1.83. The van der Waals surface area contributed by atoms with E-state index in [2.05, 4.69) is 17.9 Å². The summed E-state index contributed by atoms with van der Waals surface area (Å²) in [5.41, 5.74) is 0. The average molecular weight is 212 g/mol. The first-order valence-electron chi connectivity index (χ1n) is 3.75. The average Bonchev–Trinajstić information content (AvgIpc) is 2.21. The van der Waals surface area contributed by atoms with Crippen LogP contribution in [0.5, 0.6) is 0 Å². The van der Waals surface area contributed by atoms with Gasteiger partial charge in [-0.1, -0.05) is 31.4 Å². The van der Waals surface area contributed by atoms with Crippen molar-refractivity contribution in [3.05, 3.63) is 56.0 Å². The molecule has 0 bridgehead atoms. The molecule has 4 heteroatoms. The van der Waals surface area contributed by atoms with Gasteiger partial charge in [-0.05, 0) is 12.1 Å². The summed E-state index contributed by atoms with van der Waals surface area (Å²) in [4.78, 5) is 0.442. The SMILES string of the molecule is C=COC=C.O=S(O)c1ccccc1. The van der Waals surface area contributed by atoms with Crippen molar-refractivity contribution in [3.8, 4) is 0 Å². The summed E-state index contributed by atoms with van der Waals surface area (Å²) in [6.45, 7) is 6.51. The highest BCUT2D eigenvalue weighted by atomic mass is 32.2. The largest absolute Gasteiger partial charge is 0.474 e. The van der Waals surface area contributed by atoms with Gasteiger partial charge < -0.3 is 9.29 Å². The van der Waals surface area contributed by atoms with E-state index in [1.807, 2.05) is 0 Å². The number of ether oxygens (including phenoxy) is 1. The van der Waals surface area contributed by atoms with E-state index in [4.69, 9.17) is 4.55 Å². The number of rotatable bonds is 3. The van der Waals surface area contributed by atoms with Crippen LogP contribution < -0.4 is 0 Å². The molecule has 1 N–H and O–H groups in total. The molecule has 0 aliphatic heterocycles. The first kappa shape index (κ1) is 12.6. The number of hydrogen-bond donors (Lipinski definition) is 1. The standard InChI is InChI=1S/C6H6O2S.C4H6O/c7-9(8)6-4-2-1-3-5-6;1-3-5-4-2/h1-5H,(H,7,8);3-4H,1-2H2. The van der Waals surface area contributed by atoms with Crippen LogP contribution in [-0.2, 0) is 15.8 Å². The van der Waals surface area contributed by atoms with Crippen molar-refractivity contribution in [2.75, 3.05) is 0 Å². The third kappa shape index (κ3) is 6.16. The molecule has 3 nitrogen and oxygen atoms in total. The molecule has 0 radical (unpaired) electrons. The minimum atomic E-state index is -1.83. The fourth-order valence-electron chi connectivity index (χ4n) is 0.605. The molecule has 0 heterocycles. The van der Waals surface area contributed by atoms with E-state index < -0.39 is 11.1 Å². The molecule has 1 atom stereocenters. The lowest BCUT2D eigenvalue weighted by Gasteiger charge is -1.89. The van der Waals surface area contributed by atoms with Gasteiger partial charge in [0.25, 0.3) is 0 Å². The summed E-state index contributed by atoms with van der Waals surface area (Å²) in [5.74, 6) is 0. The van der Waals surface area contributed by atoms with Crippen molar-refractivity contribution in [3.63, 3.8) is 0 Å². The van der Waals surface area contributed by atoms with Gasteiger partial charge in [-0.25, -0.2) is 4.21 Å². The fourth-order valence-corrected chi connectivity index (χ4v) is 0.995. The molecule has 1 aromatic carbocycles. The Labute approximate surface area is 86.0 Å². The first-order chi connectivity index (χ1) is 6.72. The Kier molecular flexibility index (Phi) is 7.40. The predicted octanol–water partition coefficient (Wildman–Crippen LogP) is 2.56. The highest BCUT2D eigenvalue weighted by Gasteiger charge is 1.93. The Morgan fingerprint density at radius 1 is 1.21 bits per heavy atom. The van der Waals surface area contributed by atoms with Crippen LogP contribution in [0.2, 0.25) is 0 Å². The zero-order valence-corrected chi connectivity index (χ0v) is 8.44. The summed E-state index contributed by atoms with van der Waals surface area (Å²) in [6.07, 6.45) is 2.62. The van der Waals surface area contributed by atoms with E-state index in [1.165, 1.54) is 12.5 Å². The van der Waals surface area contributed by atoms with Gasteiger partial charge >= 0.3 is 0 Å². The molecule has 0 aliphatic carbocycles. The Morgan fingerprint density at radius 2 is 1.71 bits per heavy atom. The van der Waals surface area contributed by atoms with Gasteiger partial charge in [0.15, 0.2) is 11.1 Å². The highest BCUT2D eigenvalue weighted by molar-refractivity contribution is 7.79. The van der Waals surface area contributed by atoms with Gasteiger partial charge in [0, 0.05) is 0 Å². The van der Waals surface area contributed by atoms with Crippen LogP contribution in [0.15, 0.2) is 60.9 Å². The molecule has 1 rings (SSSR count). The second kappa shape index (κ2) is 8.22. The summed E-state index contributed by atoms with van der Waals surface area (Å²) < 4.78 is 23.2. The maximum atomic E-state index is 10.3. The van der Waals surface area contributed by atoms with E-state index in [1.54, 1.807) is 30.3 Å². The Hall–Kier alpha value is -1.39. The minimum Gasteiger partial charge on any atom is -0.474 e. The van der Waals surface area contributed by atoms with Gasteiger partial charge in [0.2, 0.25) is 0 Å². The Balaban J connectivity index is 0.000000292. The van der Waals surface area contributed by atoms with Gasteiger partial charge in [-0.15, -0.1) is 0 Å². The summed E-state index contributed by atoms with van der Waals surface area (Å²) in [7, 11) is 0. The normalized spacial score (nSPS) is 10.4. The van der Waals surface area contributed by atoms with Crippen LogP contribution in [-0.4, -0.2) is 8.76 Å². The molecule has 0 saturated carbocycles. The second-order valence-corrected chi connectivity index (χ2v) is 3.00. The van der Waals surface area contributed by atoms with Crippen molar-refractivity contribution in [1.82, 2.24) is 0 Å². The third-order valence-corrected chi connectivity index (χ3v) is 1.81. The van der Waals surface area contributed by atoms with Crippen LogP contribution in [0.4, 0.5) is 0 Å². The quantitative estimate of drug-likeness (QED) is 0.618. The van der Waals surface area contributed by atoms with Crippen molar-refractivity contribution >= 4 is 11.1 Å². The lowest BCUT2D eigenvalue weighted by Crippen LogP contribution is -1.84. The lowest BCUT2D eigenvalue weighted by molar-refractivity contribution is 0.406. The Bertz CT molecular complexity index is 289. The molecule has 76 valence electrons. The monoisotopic (exact) mass is 212 g/mol. The molecule has 0 aromatic heterocycles. The summed E-state index contributed by atoms with van der Waals surface area (Å²) in [6, 6.07) is 8.47. The van der Waals surface area contributed by atoms with Crippen molar-refractivity contribution < 1.29 is 13.5 Å². The van der Waals surface area contributed by atoms with Crippen molar-refractivity contribution in [2.24, 2.45) is 0 Å². The molecule has 0 saturated heterocycles. The predicted molar refractivity (Wildman–Crippen MR) is 57.0 cm³/mol. The van der Waals surface area contributed by atoms with Gasteiger partial charge in [-0.2, -0.15) is 0 Å². The maximum Gasteiger partial charge on any atom is 0.186 e. The van der Waals surface area contributed by atoms with E-state index in [9.17, 15) is 4.21 Å². The molecule has 14 heavy (non-hydrogen) atoms. The van der Waals surface area contributed by atoms with E-state index in [0.29, 0.717) is 4.90 Å². The van der Waals surface area contributed by atoms with E-state index in [-0.39, 0.29) is 0 Å². The summed E-state index contributed by atoms with van der Waals surface area (Å²) in [5, 5.41) is 0. The molecule has 1 unspecified atom stereocenters. The molecular weight excluding hydrogens is 200 g/mol. The zero-order chi connectivity index (χ0) is 10.8. The van der Waals surface area contributed by atoms with E-state index >= 15 is 0 Å². The van der Waals surface area contributed by atoms with Gasteiger partial charge in [-0.3, -0.25) is 0 Å². The number of benzene rings is 1. The van der Waals surface area contributed by atoms with E-state index in [0.717, 1.165) is 0 Å². The third-order valence-electron chi connectivity index (χ3n) is 1.14. The second-order valence-electron chi connectivity index (χ2n) is 2.03. The Morgan fingerprint density at radius 3 is 1.93 bits per heavy atom. The van der Waals surface area contributed by atoms with Crippen LogP contribution in [0, 0.1) is 0 Å². The molecule has 0 aliphatic rings. The molecule has 1 aromatic rings. The van der Waals surface area contributed by atoms with Gasteiger partial charge in [0.1, 0.15) is 0 Å². The number of hydrogen-bond acceptors (Lipinski definition) is 2. The van der Waals surface area contributed by atoms with Crippen LogP contribution in [0.3, 0.4) is 0 Å². The van der Waals surface area contributed by atoms with Gasteiger partial charge in [0.05, 0.1) is 17.4 Å². The highest BCUT2D eigenvalue weighted by Crippen LogP contribution is 2.00. The fraction of sp³-hybridized carbons (Fsp3) is 0. The first-order valence-corrected chi connectivity index (χ1v) is 4.86. The molecular formula is C10H12O3S. The van der Waals surface area contributed by atoms with Crippen molar-refractivity contribution in [1.29, 1.82) is 0 Å². The van der Waals surface area contributed by atoms with Crippen molar-refractivity contribution in [2.45, 2.75) is 4.90 Å². The maximum absolute atomic E-state index is 10.3. The minimum absolute atomic E-state index is 0.442. The smallest absolute Gasteiger partial charge is 0.186 e. The van der Waals surface area contributed by atoms with Crippen LogP contribution in [0.25, 0.3) is 0 Å². The molecule has 0 amide bonds. The van der Waals surface area contributed by atoms with Crippen LogP contribution in [0.1, 0.15) is 0 Å². The molecule has 0 spiro atoms.